The maximum atomic E-state index is 15.4. The lowest BCUT2D eigenvalue weighted by molar-refractivity contribution is -0.157. The number of morpholine rings is 1. The van der Waals surface area contributed by atoms with Gasteiger partial charge in [-0.1, -0.05) is 116 Å². The van der Waals surface area contributed by atoms with E-state index in [1.54, 1.807) is 54.5 Å². The Bertz CT molecular complexity index is 2600. The number of hydrogen-bond acceptors (Lipinski definition) is 15. The molecular weight excluding hydrogens is 1250 g/mol. The summed E-state index contributed by atoms with van der Waals surface area (Å²) in [6.45, 7) is 33.5. The molecule has 2 rings (SSSR count). The van der Waals surface area contributed by atoms with Gasteiger partial charge in [0.25, 0.3) is 5.91 Å². The van der Waals surface area contributed by atoms with Gasteiger partial charge in [0.2, 0.25) is 59.1 Å². The summed E-state index contributed by atoms with van der Waals surface area (Å²) in [6, 6.07) is -12.6. The summed E-state index contributed by atoms with van der Waals surface area (Å²) >= 11 is 1.20. The molecule has 0 aromatic rings. The Morgan fingerprint density at radius 1 is 0.510 bits per heavy atom. The number of aliphatic hydroxyl groups excluding tert-OH is 1. The summed E-state index contributed by atoms with van der Waals surface area (Å²) in [7, 11) is 10.1. The summed E-state index contributed by atoms with van der Waals surface area (Å²) in [5.74, 6) is -9.53. The predicted octanol–water partition coefficient (Wildman–Crippen LogP) is 4.44. The first-order chi connectivity index (χ1) is 44.7. The third-order valence-electron chi connectivity index (χ3n) is 18.5. The number of nitrogens with zero attached hydrogens (tertiary/aromatic N) is 8. The molecule has 25 nitrogen and oxygen atoms in total. The van der Waals surface area contributed by atoms with Crippen molar-refractivity contribution in [3.05, 3.63) is 12.2 Å². The van der Waals surface area contributed by atoms with Gasteiger partial charge >= 0.3 is 0 Å². The minimum Gasteiger partial charge on any atom is -0.390 e. The van der Waals surface area contributed by atoms with Crippen LogP contribution in [0.2, 0.25) is 0 Å². The zero-order valence-corrected chi connectivity index (χ0v) is 63.7. The average molecular weight is 1380 g/mol. The second-order valence-corrected chi connectivity index (χ2v) is 30.3. The normalized spacial score (nSPS) is 27.1. The maximum absolute atomic E-state index is 15.4. The van der Waals surface area contributed by atoms with Crippen molar-refractivity contribution in [1.82, 2.24) is 60.5 Å². The van der Waals surface area contributed by atoms with Crippen molar-refractivity contribution in [2.24, 2.45) is 41.4 Å². The fourth-order valence-electron chi connectivity index (χ4n) is 12.5. The molecule has 0 bridgehead atoms. The molecule has 0 aromatic heterocycles. The highest BCUT2D eigenvalue weighted by Gasteiger charge is 2.47. The predicted molar refractivity (Wildman–Crippen MR) is 376 cm³/mol. The summed E-state index contributed by atoms with van der Waals surface area (Å²) < 4.78 is 5.57. The standard InChI is InChI=1S/C70H126N12O13S/c1-25-27-30-47(15)58(83)57-62(87)73-50(29-26-2)64(89)81(24)70(96-38-28-33-82-34-36-95-37-35-82)69(94)78(21)55(45(11)12)61(86)74-54(44(9)10)67(92)75(18)51(32-31-41(3)4)60(85)71-48(16)59(84)72-49(17)63(88)76(19)52(39-42(5)6)65(90)77(20)53(40-43(7)8)66(91)79(22)56(46(13)14)68(93)80(57)23/h25,27,41-58,70,83H,26,28-40H2,1-24H3,(H,71,85)(H,72,84)(H,73,87)(H,74,86)/b27-25+/t47-,48-,49+,50-,51-,52+,53-,54-,55+,56-,57+,58-,70-/m1/s1. The molecule has 2 fully saturated rings. The molecule has 13 atom stereocenters. The Balaban J connectivity index is 3.11. The number of ether oxygens (including phenoxy) is 1. The van der Waals surface area contributed by atoms with Crippen molar-refractivity contribution < 1.29 is 62.6 Å². The van der Waals surface area contributed by atoms with Crippen molar-refractivity contribution in [1.29, 1.82) is 0 Å². The van der Waals surface area contributed by atoms with Gasteiger partial charge in [0.15, 0.2) is 5.37 Å². The fraction of sp³-hybridized carbons (Fsp3) is 0.814. The number of amides is 11. The van der Waals surface area contributed by atoms with Gasteiger partial charge in [0.1, 0.15) is 60.4 Å². The third-order valence-corrected chi connectivity index (χ3v) is 19.9. The molecule has 2 saturated heterocycles. The van der Waals surface area contributed by atoms with Crippen molar-refractivity contribution in [3.63, 3.8) is 0 Å². The molecule has 2 heterocycles. The van der Waals surface area contributed by atoms with E-state index in [9.17, 15) is 29.1 Å². The van der Waals surface area contributed by atoms with E-state index in [0.717, 1.165) is 18.0 Å². The van der Waals surface area contributed by atoms with Crippen molar-refractivity contribution in [3.8, 4) is 0 Å². The first-order valence-electron chi connectivity index (χ1n) is 35.0. The van der Waals surface area contributed by atoms with Crippen LogP contribution in [0.1, 0.15) is 169 Å². The van der Waals surface area contributed by atoms with Crippen LogP contribution in [-0.2, 0) is 57.5 Å². The van der Waals surface area contributed by atoms with E-state index in [-0.39, 0.29) is 43.4 Å². The zero-order valence-electron chi connectivity index (χ0n) is 62.9. The van der Waals surface area contributed by atoms with E-state index in [0.29, 0.717) is 51.2 Å². The van der Waals surface area contributed by atoms with Crippen LogP contribution < -0.4 is 21.3 Å². The number of carbonyl (C=O) groups excluding carboxylic acids is 11. The second-order valence-electron chi connectivity index (χ2n) is 29.1. The summed E-state index contributed by atoms with van der Waals surface area (Å²) in [6.07, 6.45) is 4.42. The highest BCUT2D eigenvalue weighted by molar-refractivity contribution is 8.00. The lowest BCUT2D eigenvalue weighted by Gasteiger charge is -2.41. The first-order valence-corrected chi connectivity index (χ1v) is 36.1. The van der Waals surface area contributed by atoms with Gasteiger partial charge in [-0.2, -0.15) is 0 Å². The maximum Gasteiger partial charge on any atom is 0.256 e. The van der Waals surface area contributed by atoms with Gasteiger partial charge in [-0.3, -0.25) is 57.6 Å². The highest BCUT2D eigenvalue weighted by Crippen LogP contribution is 2.28. The van der Waals surface area contributed by atoms with E-state index < -0.39 is 161 Å². The molecule has 11 amide bonds. The van der Waals surface area contributed by atoms with Crippen LogP contribution in [0.3, 0.4) is 0 Å². The number of nitrogens with one attached hydrogen (secondary N) is 4. The van der Waals surface area contributed by atoms with Crippen LogP contribution in [0.5, 0.6) is 0 Å². The molecule has 0 spiro atoms. The Morgan fingerprint density at radius 3 is 1.50 bits per heavy atom. The smallest absolute Gasteiger partial charge is 0.256 e. The van der Waals surface area contributed by atoms with Gasteiger partial charge in [-0.25, -0.2) is 0 Å². The molecule has 0 unspecified atom stereocenters. The minimum atomic E-state index is -1.64. The molecule has 550 valence electrons. The lowest BCUT2D eigenvalue weighted by Crippen LogP contribution is -2.64. The monoisotopic (exact) mass is 1370 g/mol. The van der Waals surface area contributed by atoms with Crippen molar-refractivity contribution in [2.75, 3.05) is 87.9 Å². The Morgan fingerprint density at radius 2 is 1.00 bits per heavy atom. The average Bonchev–Trinajstić information content (AvgIpc) is 0.813. The van der Waals surface area contributed by atoms with E-state index in [1.807, 2.05) is 61.5 Å². The summed E-state index contributed by atoms with van der Waals surface area (Å²) in [5.41, 5.74) is 0. The molecule has 0 saturated carbocycles. The second kappa shape index (κ2) is 40.9. The molecule has 0 aromatic carbocycles. The van der Waals surface area contributed by atoms with Crippen molar-refractivity contribution in [2.45, 2.75) is 241 Å². The Labute approximate surface area is 579 Å². The third kappa shape index (κ3) is 24.5. The number of allylic oxidation sites excluding steroid dienone is 2. The number of hydrogen-bond donors (Lipinski definition) is 5. The van der Waals surface area contributed by atoms with Crippen LogP contribution in [0.25, 0.3) is 0 Å². The zero-order chi connectivity index (χ0) is 73.5. The van der Waals surface area contributed by atoms with Gasteiger partial charge in [0, 0.05) is 62.4 Å². The number of likely N-dealkylation sites (N-methyl/N-ethyl adjacent to an activating group) is 7. The SMILES string of the molecule is C/C=C/C[C@@H](C)[C@@H](O)[C@H]1C(=O)N[C@H](CCC)C(=O)N(C)[C@H](SCCCN2CCOCC2)C(=O)N(C)[C@@H](C(C)C)C(=O)N[C@H](C(C)C)C(=O)N(C)[C@H](CCC(C)C)C(=O)N[C@H](C)C(=O)N[C@@H](C)C(=O)N(C)[C@@H](CC(C)C)C(=O)N(C)[C@H](CC(C)C)C(=O)N(C)[C@H](C(C)C)C(=O)N1C. The largest absolute Gasteiger partial charge is 0.390 e. The minimum absolute atomic E-state index is 0.0718. The van der Waals surface area contributed by atoms with Gasteiger partial charge in [-0.05, 0) is 119 Å². The topological polar surface area (TPSA) is 291 Å². The van der Waals surface area contributed by atoms with Gasteiger partial charge < -0.3 is 65.4 Å². The molecule has 2 aliphatic rings. The number of carbonyl (C=O) groups is 11. The van der Waals surface area contributed by atoms with E-state index in [4.69, 9.17) is 4.74 Å². The molecular formula is C70H126N12O13S. The van der Waals surface area contributed by atoms with E-state index >= 15 is 28.8 Å². The van der Waals surface area contributed by atoms with Crippen LogP contribution in [0.15, 0.2) is 12.2 Å². The fourth-order valence-corrected chi connectivity index (χ4v) is 13.7. The van der Waals surface area contributed by atoms with Crippen molar-refractivity contribution >= 4 is 76.7 Å². The van der Waals surface area contributed by atoms with E-state index in [2.05, 4.69) is 26.2 Å². The summed E-state index contributed by atoms with van der Waals surface area (Å²) in [4.78, 5) is 176. The number of rotatable bonds is 21. The van der Waals surface area contributed by atoms with Crippen LogP contribution in [0.4, 0.5) is 0 Å². The van der Waals surface area contributed by atoms with Gasteiger partial charge in [0.05, 0.1) is 19.3 Å². The molecule has 26 heteroatoms. The quantitative estimate of drug-likeness (QED) is 0.0784. The molecule has 0 aliphatic carbocycles. The number of thioether (sulfide) groups is 1. The highest BCUT2D eigenvalue weighted by atomic mass is 32.2. The Kier molecular flexibility index (Phi) is 36.7. The molecule has 96 heavy (non-hydrogen) atoms. The summed E-state index contributed by atoms with van der Waals surface area (Å²) in [5, 5.41) is 22.4. The van der Waals surface area contributed by atoms with Gasteiger partial charge in [-0.15, -0.1) is 11.8 Å². The van der Waals surface area contributed by atoms with E-state index in [1.165, 1.54) is 104 Å². The molecule has 2 aliphatic heterocycles. The molecule has 0 radical (unpaired) electrons. The van der Waals surface area contributed by atoms with Crippen LogP contribution in [0, 0.1) is 41.4 Å². The molecule has 5 N–H and O–H groups in total. The van der Waals surface area contributed by atoms with Crippen LogP contribution in [-0.4, -0.2) is 269 Å². The lowest BCUT2D eigenvalue weighted by atomic mass is 9.91. The first kappa shape index (κ1) is 86.2. The number of aliphatic hydroxyl groups is 1. The Hall–Kier alpha value is -5.86. The van der Waals surface area contributed by atoms with Crippen LogP contribution >= 0.6 is 11.8 Å².